The molecule has 0 spiro atoms. The molecule has 0 amide bonds. The van der Waals surface area contributed by atoms with Crippen molar-refractivity contribution < 1.29 is 14.6 Å². The number of aromatic nitrogens is 3. The zero-order valence-corrected chi connectivity index (χ0v) is 15.4. The van der Waals surface area contributed by atoms with E-state index in [9.17, 15) is 9.59 Å². The lowest BCUT2D eigenvalue weighted by atomic mass is 10.2. The van der Waals surface area contributed by atoms with E-state index >= 15 is 0 Å². The minimum atomic E-state index is -1.16. The van der Waals surface area contributed by atoms with Crippen molar-refractivity contribution in [1.29, 1.82) is 0 Å². The van der Waals surface area contributed by atoms with Gasteiger partial charge in [0.15, 0.2) is 11.4 Å². The highest BCUT2D eigenvalue weighted by Gasteiger charge is 2.14. The van der Waals surface area contributed by atoms with Gasteiger partial charge in [-0.1, -0.05) is 6.07 Å². The molecule has 4 aromatic rings. The summed E-state index contributed by atoms with van der Waals surface area (Å²) in [5, 5.41) is 13.0. The Kier molecular flexibility index (Phi) is 4.66. The van der Waals surface area contributed by atoms with Gasteiger partial charge >= 0.3 is 5.97 Å². The highest BCUT2D eigenvalue weighted by atomic mass is 16.5. The molecule has 0 radical (unpaired) electrons. The topological polar surface area (TPSA) is 106 Å². The van der Waals surface area contributed by atoms with Gasteiger partial charge in [0.05, 0.1) is 18.2 Å². The first-order chi connectivity index (χ1) is 14.1. The fourth-order valence-electron chi connectivity index (χ4n) is 3.00. The monoisotopic (exact) mass is 388 g/mol. The van der Waals surface area contributed by atoms with Gasteiger partial charge in [-0.3, -0.25) is 14.2 Å². The zero-order valence-electron chi connectivity index (χ0n) is 15.4. The highest BCUT2D eigenvalue weighted by molar-refractivity contribution is 5.88. The maximum atomic E-state index is 13.0. The molecule has 0 aliphatic rings. The van der Waals surface area contributed by atoms with Gasteiger partial charge in [0.2, 0.25) is 0 Å². The molecular formula is C21H16N4O4. The number of hydrogen-bond donors (Lipinski definition) is 2. The summed E-state index contributed by atoms with van der Waals surface area (Å²) < 4.78 is 6.63. The molecule has 3 heterocycles. The van der Waals surface area contributed by atoms with Gasteiger partial charge in [-0.25, -0.2) is 9.78 Å². The van der Waals surface area contributed by atoms with Crippen LogP contribution >= 0.6 is 0 Å². The van der Waals surface area contributed by atoms with Crippen molar-refractivity contribution >= 4 is 40.1 Å². The maximum absolute atomic E-state index is 13.0. The Morgan fingerprint density at radius 2 is 2.10 bits per heavy atom. The number of anilines is 2. The van der Waals surface area contributed by atoms with Crippen LogP contribution in [0, 0.1) is 0 Å². The first-order valence-electron chi connectivity index (χ1n) is 8.69. The summed E-state index contributed by atoms with van der Waals surface area (Å²) in [5.41, 5.74) is 1.53. The summed E-state index contributed by atoms with van der Waals surface area (Å²) in [4.78, 5) is 32.8. The van der Waals surface area contributed by atoms with E-state index in [0.29, 0.717) is 17.1 Å². The Balaban J connectivity index is 1.91. The van der Waals surface area contributed by atoms with Crippen molar-refractivity contribution in [2.45, 2.75) is 0 Å². The lowest BCUT2D eigenvalue weighted by Crippen LogP contribution is -2.20. The first kappa shape index (κ1) is 18.2. The molecule has 0 atom stereocenters. The number of hydrogen-bond acceptors (Lipinski definition) is 6. The van der Waals surface area contributed by atoms with Crippen LogP contribution < -0.4 is 15.6 Å². The number of carbonyl (C=O) groups is 1. The number of aliphatic carboxylic acids is 1. The van der Waals surface area contributed by atoms with Crippen molar-refractivity contribution in [3.8, 4) is 5.75 Å². The zero-order chi connectivity index (χ0) is 20.4. The van der Waals surface area contributed by atoms with E-state index in [0.717, 1.165) is 17.0 Å². The van der Waals surface area contributed by atoms with Gasteiger partial charge < -0.3 is 15.2 Å². The second-order valence-electron chi connectivity index (χ2n) is 6.16. The Bertz CT molecular complexity index is 1330. The Morgan fingerprint density at radius 1 is 1.24 bits per heavy atom. The van der Waals surface area contributed by atoms with Gasteiger partial charge in [-0.05, 0) is 42.5 Å². The Hall–Kier alpha value is -4.20. The number of benzene rings is 1. The third-order valence-corrected chi connectivity index (χ3v) is 4.33. The second kappa shape index (κ2) is 7.43. The number of nitrogens with one attached hydrogen (secondary N) is 1. The molecule has 0 unspecified atom stereocenters. The van der Waals surface area contributed by atoms with Crippen molar-refractivity contribution in [3.05, 3.63) is 76.9 Å². The van der Waals surface area contributed by atoms with E-state index < -0.39 is 11.5 Å². The van der Waals surface area contributed by atoms with Crippen molar-refractivity contribution in [2.24, 2.45) is 0 Å². The molecule has 1 aromatic carbocycles. The van der Waals surface area contributed by atoms with Crippen LogP contribution in [0.5, 0.6) is 5.75 Å². The van der Waals surface area contributed by atoms with Crippen molar-refractivity contribution in [2.75, 3.05) is 12.4 Å². The molecule has 0 saturated carbocycles. The molecular weight excluding hydrogens is 372 g/mol. The molecule has 0 aliphatic carbocycles. The van der Waals surface area contributed by atoms with Crippen LogP contribution in [0.1, 0.15) is 5.56 Å². The standard InChI is InChI=1S/C21H16N4O4/c1-29-17-5-3-11-25-20(17)24-19(15(21(25)28)7-9-18(26)27)23-14-6-8-16-13(12-14)4-2-10-22-16/h2-12,23H,1H3,(H,26,27)/b9-7+. The largest absolute Gasteiger partial charge is 0.493 e. The van der Waals surface area contributed by atoms with Gasteiger partial charge in [-0.2, -0.15) is 0 Å². The molecule has 144 valence electrons. The third kappa shape index (κ3) is 3.51. The van der Waals surface area contributed by atoms with Crippen LogP contribution in [-0.2, 0) is 4.79 Å². The summed E-state index contributed by atoms with van der Waals surface area (Å²) in [5.74, 6) is -0.521. The quantitative estimate of drug-likeness (QED) is 0.506. The average molecular weight is 388 g/mol. The normalized spacial score (nSPS) is 11.2. The fourth-order valence-corrected chi connectivity index (χ4v) is 3.00. The molecule has 4 rings (SSSR count). The minimum Gasteiger partial charge on any atom is -0.493 e. The van der Waals surface area contributed by atoms with Crippen LogP contribution in [0.4, 0.5) is 11.5 Å². The number of ether oxygens (including phenoxy) is 1. The van der Waals surface area contributed by atoms with Crippen LogP contribution in [0.3, 0.4) is 0 Å². The molecule has 0 aliphatic heterocycles. The van der Waals surface area contributed by atoms with Crippen LogP contribution in [0.15, 0.2) is 65.7 Å². The predicted octanol–water partition coefficient (Wildman–Crippen LogP) is 3.09. The molecule has 2 N–H and O–H groups in total. The van der Waals surface area contributed by atoms with Crippen LogP contribution in [0.2, 0.25) is 0 Å². The SMILES string of the molecule is COc1cccn2c(=O)c(/C=C/C(=O)O)c(Nc3ccc4ncccc4c3)nc12. The molecule has 3 aromatic heterocycles. The maximum Gasteiger partial charge on any atom is 0.328 e. The molecule has 0 fully saturated rings. The predicted molar refractivity (Wildman–Crippen MR) is 110 cm³/mol. The number of methoxy groups -OCH3 is 1. The molecule has 29 heavy (non-hydrogen) atoms. The lowest BCUT2D eigenvalue weighted by Gasteiger charge is -2.13. The van der Waals surface area contributed by atoms with E-state index in [2.05, 4.69) is 15.3 Å². The second-order valence-corrected chi connectivity index (χ2v) is 6.16. The number of pyridine rings is 2. The molecule has 8 heteroatoms. The van der Waals surface area contributed by atoms with Gasteiger partial charge in [0.1, 0.15) is 5.82 Å². The van der Waals surface area contributed by atoms with E-state index in [-0.39, 0.29) is 11.4 Å². The number of nitrogens with zero attached hydrogens (tertiary/aromatic N) is 3. The number of carboxylic acid groups (broad SMARTS) is 1. The van der Waals surface area contributed by atoms with Crippen molar-refractivity contribution in [1.82, 2.24) is 14.4 Å². The molecule has 8 nitrogen and oxygen atoms in total. The van der Waals surface area contributed by atoms with E-state index in [1.54, 1.807) is 24.5 Å². The molecule has 0 saturated heterocycles. The van der Waals surface area contributed by atoms with E-state index in [1.807, 2.05) is 30.3 Å². The lowest BCUT2D eigenvalue weighted by molar-refractivity contribution is -0.131. The van der Waals surface area contributed by atoms with Crippen LogP contribution in [-0.4, -0.2) is 32.6 Å². The summed E-state index contributed by atoms with van der Waals surface area (Å²) in [6, 6.07) is 12.6. The number of rotatable bonds is 5. The summed E-state index contributed by atoms with van der Waals surface area (Å²) in [6.45, 7) is 0. The highest BCUT2D eigenvalue weighted by Crippen LogP contribution is 2.24. The summed E-state index contributed by atoms with van der Waals surface area (Å²) in [6.07, 6.45) is 5.40. The average Bonchev–Trinajstić information content (AvgIpc) is 2.73. The fraction of sp³-hybridized carbons (Fsp3) is 0.0476. The minimum absolute atomic E-state index is 0.115. The van der Waals surface area contributed by atoms with Gasteiger partial charge in [0, 0.05) is 29.5 Å². The van der Waals surface area contributed by atoms with Crippen LogP contribution in [0.25, 0.3) is 22.6 Å². The van der Waals surface area contributed by atoms with Gasteiger partial charge in [-0.15, -0.1) is 0 Å². The smallest absolute Gasteiger partial charge is 0.328 e. The Morgan fingerprint density at radius 3 is 2.90 bits per heavy atom. The Labute approximate surface area is 164 Å². The number of fused-ring (bicyclic) bond motifs is 2. The van der Waals surface area contributed by atoms with E-state index in [4.69, 9.17) is 9.84 Å². The summed E-state index contributed by atoms with van der Waals surface area (Å²) in [7, 11) is 1.49. The summed E-state index contributed by atoms with van der Waals surface area (Å²) >= 11 is 0. The third-order valence-electron chi connectivity index (χ3n) is 4.33. The van der Waals surface area contributed by atoms with E-state index in [1.165, 1.54) is 17.6 Å². The first-order valence-corrected chi connectivity index (χ1v) is 8.69. The molecule has 0 bridgehead atoms. The van der Waals surface area contributed by atoms with Crippen molar-refractivity contribution in [3.63, 3.8) is 0 Å². The van der Waals surface area contributed by atoms with Gasteiger partial charge in [0.25, 0.3) is 5.56 Å². The number of carboxylic acids is 1.